The Kier molecular flexibility index (Phi) is 7.13. The van der Waals surface area contributed by atoms with Crippen LogP contribution in [0.3, 0.4) is 0 Å². The zero-order chi connectivity index (χ0) is 14.3. The Labute approximate surface area is 123 Å². The third-order valence-electron chi connectivity index (χ3n) is 2.81. The largest absolute Gasteiger partial charge is 0.396 e. The maximum atomic E-state index is 11.9. The van der Waals surface area contributed by atoms with Crippen molar-refractivity contribution in [3.8, 4) is 0 Å². The van der Waals surface area contributed by atoms with Crippen molar-refractivity contribution in [1.29, 1.82) is 0 Å². The summed E-state index contributed by atoms with van der Waals surface area (Å²) in [5.74, 6) is 0.0528. The van der Waals surface area contributed by atoms with Gasteiger partial charge in [0.05, 0.1) is 0 Å². The van der Waals surface area contributed by atoms with Gasteiger partial charge in [0.2, 0.25) is 0 Å². The average molecular weight is 305 g/mol. The Morgan fingerprint density at radius 2 is 2.00 bits per heavy atom. The molecule has 1 heterocycles. The SMILES string of the molecule is CCCC(CCO)CNC(=O)c1cc(Cl)nc(Cl)c1. The van der Waals surface area contributed by atoms with E-state index < -0.39 is 0 Å². The molecule has 1 aromatic rings. The van der Waals surface area contributed by atoms with Crippen molar-refractivity contribution >= 4 is 29.1 Å². The molecule has 0 spiro atoms. The topological polar surface area (TPSA) is 62.2 Å². The molecule has 0 bridgehead atoms. The predicted molar refractivity (Wildman–Crippen MR) is 76.7 cm³/mol. The van der Waals surface area contributed by atoms with Gasteiger partial charge >= 0.3 is 0 Å². The Morgan fingerprint density at radius 1 is 1.37 bits per heavy atom. The number of aliphatic hydroxyl groups is 1. The number of nitrogens with zero attached hydrogens (tertiary/aromatic N) is 1. The van der Waals surface area contributed by atoms with E-state index in [-0.39, 0.29) is 28.7 Å². The second-order valence-electron chi connectivity index (χ2n) is 4.38. The number of aromatic nitrogens is 1. The minimum absolute atomic E-state index is 0.132. The van der Waals surface area contributed by atoms with Crippen LogP contribution < -0.4 is 5.32 Å². The lowest BCUT2D eigenvalue weighted by Gasteiger charge is -2.15. The quantitative estimate of drug-likeness (QED) is 0.761. The van der Waals surface area contributed by atoms with Gasteiger partial charge in [0.25, 0.3) is 5.91 Å². The van der Waals surface area contributed by atoms with Crippen LogP contribution >= 0.6 is 23.2 Å². The molecule has 0 fully saturated rings. The van der Waals surface area contributed by atoms with Crippen LogP contribution in [0.5, 0.6) is 0 Å². The first kappa shape index (κ1) is 16.2. The van der Waals surface area contributed by atoms with Gasteiger partial charge < -0.3 is 10.4 Å². The lowest BCUT2D eigenvalue weighted by Crippen LogP contribution is -2.29. The van der Waals surface area contributed by atoms with Crippen molar-refractivity contribution < 1.29 is 9.90 Å². The highest BCUT2D eigenvalue weighted by Gasteiger charge is 2.12. The number of carbonyl (C=O) groups excluding carboxylic acids is 1. The summed E-state index contributed by atoms with van der Waals surface area (Å²) in [7, 11) is 0. The molecule has 1 unspecified atom stereocenters. The predicted octanol–water partition coefficient (Wildman–Crippen LogP) is 2.92. The van der Waals surface area contributed by atoms with Gasteiger partial charge in [-0.05, 0) is 30.9 Å². The molecule has 4 nitrogen and oxygen atoms in total. The molecule has 2 N–H and O–H groups in total. The first-order valence-corrected chi connectivity index (χ1v) is 7.04. The number of nitrogens with one attached hydrogen (secondary N) is 1. The van der Waals surface area contributed by atoms with E-state index in [0.717, 1.165) is 12.8 Å². The molecule has 0 aliphatic carbocycles. The van der Waals surface area contributed by atoms with Crippen LogP contribution in [0.1, 0.15) is 36.5 Å². The van der Waals surface area contributed by atoms with E-state index in [9.17, 15) is 4.79 Å². The van der Waals surface area contributed by atoms with Crippen LogP contribution in [0.2, 0.25) is 10.3 Å². The van der Waals surface area contributed by atoms with Crippen LogP contribution in [0.25, 0.3) is 0 Å². The normalized spacial score (nSPS) is 12.2. The lowest BCUT2D eigenvalue weighted by atomic mass is 10.00. The van der Waals surface area contributed by atoms with E-state index in [1.54, 1.807) is 0 Å². The van der Waals surface area contributed by atoms with Gasteiger partial charge in [-0.2, -0.15) is 0 Å². The average Bonchev–Trinajstić information content (AvgIpc) is 2.35. The van der Waals surface area contributed by atoms with Crippen molar-refractivity contribution in [2.45, 2.75) is 26.2 Å². The fraction of sp³-hybridized carbons (Fsp3) is 0.538. The molecule has 19 heavy (non-hydrogen) atoms. The summed E-state index contributed by atoms with van der Waals surface area (Å²) in [6.07, 6.45) is 2.68. The zero-order valence-electron chi connectivity index (χ0n) is 10.8. The van der Waals surface area contributed by atoms with Crippen molar-refractivity contribution in [3.05, 3.63) is 28.0 Å². The van der Waals surface area contributed by atoms with E-state index in [2.05, 4.69) is 17.2 Å². The number of hydrogen-bond acceptors (Lipinski definition) is 3. The van der Waals surface area contributed by atoms with E-state index >= 15 is 0 Å². The van der Waals surface area contributed by atoms with E-state index in [0.29, 0.717) is 18.5 Å². The molecule has 1 rings (SSSR count). The summed E-state index contributed by atoms with van der Waals surface area (Å²) < 4.78 is 0. The number of amides is 1. The Bertz CT molecular complexity index is 401. The number of rotatable bonds is 7. The van der Waals surface area contributed by atoms with Crippen LogP contribution in [-0.4, -0.2) is 29.1 Å². The molecule has 0 aliphatic rings. The first-order valence-electron chi connectivity index (χ1n) is 6.29. The molecule has 0 aromatic carbocycles. The van der Waals surface area contributed by atoms with Gasteiger partial charge in [-0.3, -0.25) is 4.79 Å². The van der Waals surface area contributed by atoms with Crippen LogP contribution in [0, 0.1) is 5.92 Å². The van der Waals surface area contributed by atoms with Gasteiger partial charge in [0, 0.05) is 18.7 Å². The number of aliphatic hydroxyl groups excluding tert-OH is 1. The van der Waals surface area contributed by atoms with E-state index in [1.807, 2.05) is 0 Å². The number of carbonyl (C=O) groups is 1. The van der Waals surface area contributed by atoms with Crippen molar-refractivity contribution in [2.75, 3.05) is 13.2 Å². The molecule has 0 saturated heterocycles. The highest BCUT2D eigenvalue weighted by molar-refractivity contribution is 6.33. The van der Waals surface area contributed by atoms with Crippen LogP contribution in [-0.2, 0) is 0 Å². The highest BCUT2D eigenvalue weighted by Crippen LogP contribution is 2.15. The third-order valence-corrected chi connectivity index (χ3v) is 3.20. The maximum absolute atomic E-state index is 11.9. The van der Waals surface area contributed by atoms with Crippen LogP contribution in [0.4, 0.5) is 0 Å². The number of halogens is 2. The van der Waals surface area contributed by atoms with Gasteiger partial charge in [-0.15, -0.1) is 0 Å². The summed E-state index contributed by atoms with van der Waals surface area (Å²) in [6, 6.07) is 2.95. The monoisotopic (exact) mass is 304 g/mol. The third kappa shape index (κ3) is 5.76. The summed E-state index contributed by atoms with van der Waals surface area (Å²) in [5, 5.41) is 12.2. The summed E-state index contributed by atoms with van der Waals surface area (Å²) in [6.45, 7) is 2.74. The van der Waals surface area contributed by atoms with Gasteiger partial charge in [0.15, 0.2) is 0 Å². The molecule has 0 radical (unpaired) electrons. The van der Waals surface area contributed by atoms with Gasteiger partial charge in [0.1, 0.15) is 10.3 Å². The van der Waals surface area contributed by atoms with Gasteiger partial charge in [-0.1, -0.05) is 36.5 Å². The summed E-state index contributed by atoms with van der Waals surface area (Å²) >= 11 is 11.5. The zero-order valence-corrected chi connectivity index (χ0v) is 12.3. The van der Waals surface area contributed by atoms with Crippen molar-refractivity contribution in [3.63, 3.8) is 0 Å². The minimum Gasteiger partial charge on any atom is -0.396 e. The van der Waals surface area contributed by atoms with Gasteiger partial charge in [-0.25, -0.2) is 4.98 Å². The van der Waals surface area contributed by atoms with E-state index in [4.69, 9.17) is 28.3 Å². The fourth-order valence-electron chi connectivity index (χ4n) is 1.87. The molecule has 1 amide bonds. The fourth-order valence-corrected chi connectivity index (χ4v) is 2.33. The Balaban J connectivity index is 2.58. The maximum Gasteiger partial charge on any atom is 0.251 e. The molecular formula is C13H18Cl2N2O2. The standard InChI is InChI=1S/C13H18Cl2N2O2/c1-2-3-9(4-5-18)8-16-13(19)10-6-11(14)17-12(15)7-10/h6-7,9,18H,2-5,8H2,1H3,(H,16,19). The van der Waals surface area contributed by atoms with Crippen molar-refractivity contribution in [1.82, 2.24) is 10.3 Å². The first-order chi connectivity index (χ1) is 9.06. The second kappa shape index (κ2) is 8.35. The molecule has 0 saturated carbocycles. The van der Waals surface area contributed by atoms with Crippen molar-refractivity contribution in [2.24, 2.45) is 5.92 Å². The molecular weight excluding hydrogens is 287 g/mol. The molecule has 106 valence electrons. The molecule has 1 aromatic heterocycles. The summed E-state index contributed by atoms with van der Waals surface area (Å²) in [4.78, 5) is 15.7. The Hall–Kier alpha value is -0.840. The molecule has 6 heteroatoms. The second-order valence-corrected chi connectivity index (χ2v) is 5.15. The number of hydrogen-bond donors (Lipinski definition) is 2. The number of pyridine rings is 1. The summed E-state index contributed by atoms with van der Waals surface area (Å²) in [5.41, 5.74) is 0.393. The Morgan fingerprint density at radius 3 is 2.53 bits per heavy atom. The highest BCUT2D eigenvalue weighted by atomic mass is 35.5. The molecule has 0 aliphatic heterocycles. The lowest BCUT2D eigenvalue weighted by molar-refractivity contribution is 0.0943. The van der Waals surface area contributed by atoms with Crippen LogP contribution in [0.15, 0.2) is 12.1 Å². The van der Waals surface area contributed by atoms with E-state index in [1.165, 1.54) is 12.1 Å². The molecule has 1 atom stereocenters. The smallest absolute Gasteiger partial charge is 0.251 e. The minimum atomic E-state index is -0.231.